The molecule has 5 aromatic rings. The second kappa shape index (κ2) is 10.5. The number of hydrogen-bond acceptors (Lipinski definition) is 7. The fourth-order valence-electron chi connectivity index (χ4n) is 6.26. The van der Waals surface area contributed by atoms with Crippen LogP contribution >= 0.6 is 0 Å². The Hall–Kier alpha value is -4.38. The van der Waals surface area contributed by atoms with E-state index >= 15 is 0 Å². The van der Waals surface area contributed by atoms with Crippen molar-refractivity contribution in [3.05, 3.63) is 103 Å². The van der Waals surface area contributed by atoms with Crippen LogP contribution in [-0.4, -0.2) is 63.3 Å². The van der Waals surface area contributed by atoms with Crippen molar-refractivity contribution < 1.29 is 8.42 Å². The minimum atomic E-state index is -3.35. The Labute approximate surface area is 245 Å². The van der Waals surface area contributed by atoms with E-state index in [1.54, 1.807) is 10.5 Å². The van der Waals surface area contributed by atoms with Crippen LogP contribution in [0.5, 0.6) is 0 Å². The number of imidazole rings is 1. The summed E-state index contributed by atoms with van der Waals surface area (Å²) in [4.78, 5) is 16.7. The Balaban J connectivity index is 1.19. The molecular weight excluding hydrogens is 546 g/mol. The number of aromatic nitrogens is 4. The third-order valence-electron chi connectivity index (χ3n) is 8.35. The van der Waals surface area contributed by atoms with Crippen molar-refractivity contribution in [2.45, 2.75) is 6.54 Å². The van der Waals surface area contributed by atoms with Gasteiger partial charge in [-0.15, -0.1) is 0 Å². The van der Waals surface area contributed by atoms with Crippen molar-refractivity contribution >= 4 is 27.0 Å². The molecule has 7 rings (SSSR count). The molecule has 0 bridgehead atoms. The van der Waals surface area contributed by atoms with Crippen molar-refractivity contribution in [1.82, 2.24) is 28.7 Å². The molecule has 2 atom stereocenters. The van der Waals surface area contributed by atoms with Gasteiger partial charge in [-0.2, -0.15) is 4.31 Å². The number of rotatable bonds is 7. The number of benzene rings is 2. The highest BCUT2D eigenvalue weighted by molar-refractivity contribution is 7.92. The monoisotopic (exact) mass is 577 g/mol. The number of sulfonamides is 1. The molecule has 0 amide bonds. The smallest absolute Gasteiger partial charge is 0.235 e. The Kier molecular flexibility index (Phi) is 6.61. The Morgan fingerprint density at radius 1 is 0.881 bits per heavy atom. The average molecular weight is 578 g/mol. The van der Waals surface area contributed by atoms with E-state index in [4.69, 9.17) is 15.7 Å². The zero-order chi connectivity index (χ0) is 28.8. The second-order valence-corrected chi connectivity index (χ2v) is 12.9. The average Bonchev–Trinajstić information content (AvgIpc) is 3.70. The molecule has 0 radical (unpaired) electrons. The van der Waals surface area contributed by atoms with E-state index < -0.39 is 10.0 Å². The van der Waals surface area contributed by atoms with E-state index in [1.807, 2.05) is 59.2 Å². The molecular formula is C32H31N7O2S. The highest BCUT2D eigenvalue weighted by Gasteiger charge is 2.43. The SMILES string of the molecule is C=CS(=O)(=O)N1C[C@H]2CN(Cc3ccc(-n4c(-c5cccnc5N)nc5ccc(-c6ccccc6)nc54)cc3)C[C@H]2C1. The molecule has 5 heterocycles. The van der Waals surface area contributed by atoms with Crippen molar-refractivity contribution in [2.75, 3.05) is 31.9 Å². The first-order valence-corrected chi connectivity index (χ1v) is 15.5. The van der Waals surface area contributed by atoms with Crippen LogP contribution in [0.4, 0.5) is 5.82 Å². The summed E-state index contributed by atoms with van der Waals surface area (Å²) in [6.07, 6.45) is 1.68. The molecule has 2 aliphatic heterocycles. The number of pyridine rings is 2. The first-order valence-electron chi connectivity index (χ1n) is 14.0. The number of nitrogens with two attached hydrogens (primary N) is 1. The van der Waals surface area contributed by atoms with Gasteiger partial charge in [0, 0.05) is 55.6 Å². The van der Waals surface area contributed by atoms with Crippen LogP contribution in [-0.2, 0) is 16.6 Å². The Morgan fingerprint density at radius 2 is 1.62 bits per heavy atom. The molecule has 10 heteroatoms. The van der Waals surface area contributed by atoms with Gasteiger partial charge in [0.1, 0.15) is 11.3 Å². The predicted octanol–water partition coefficient (Wildman–Crippen LogP) is 4.57. The molecule has 0 spiro atoms. The van der Waals surface area contributed by atoms with Crippen LogP contribution in [0.3, 0.4) is 0 Å². The van der Waals surface area contributed by atoms with Gasteiger partial charge >= 0.3 is 0 Å². The minimum Gasteiger partial charge on any atom is -0.383 e. The fraction of sp³-hybridized carbons (Fsp3) is 0.219. The molecule has 2 aromatic carbocycles. The zero-order valence-corrected chi connectivity index (χ0v) is 23.9. The van der Waals surface area contributed by atoms with Gasteiger partial charge in [-0.3, -0.25) is 9.47 Å². The quantitative estimate of drug-likeness (QED) is 0.302. The molecule has 2 aliphatic rings. The zero-order valence-electron chi connectivity index (χ0n) is 23.0. The summed E-state index contributed by atoms with van der Waals surface area (Å²) in [5, 5.41) is 1.06. The molecule has 0 saturated carbocycles. The first kappa shape index (κ1) is 26.5. The summed E-state index contributed by atoms with van der Waals surface area (Å²) >= 11 is 0. The predicted molar refractivity (Wildman–Crippen MR) is 165 cm³/mol. The maximum absolute atomic E-state index is 12.2. The Morgan fingerprint density at radius 3 is 2.31 bits per heavy atom. The number of nitrogens with zero attached hydrogens (tertiary/aromatic N) is 6. The molecule has 42 heavy (non-hydrogen) atoms. The second-order valence-electron chi connectivity index (χ2n) is 11.0. The van der Waals surface area contributed by atoms with E-state index in [0.29, 0.717) is 36.6 Å². The van der Waals surface area contributed by atoms with Gasteiger partial charge in [-0.1, -0.05) is 49.0 Å². The van der Waals surface area contributed by atoms with Crippen LogP contribution in [0, 0.1) is 11.8 Å². The lowest BCUT2D eigenvalue weighted by Crippen LogP contribution is -2.31. The third kappa shape index (κ3) is 4.77. The van der Waals surface area contributed by atoms with E-state index in [1.165, 1.54) is 5.56 Å². The molecule has 9 nitrogen and oxygen atoms in total. The summed E-state index contributed by atoms with van der Waals surface area (Å²) in [6, 6.07) is 26.4. The summed E-state index contributed by atoms with van der Waals surface area (Å²) in [6.45, 7) is 7.19. The van der Waals surface area contributed by atoms with Gasteiger partial charge in [0.2, 0.25) is 10.0 Å². The highest BCUT2D eigenvalue weighted by atomic mass is 32.2. The number of hydrogen-bond donors (Lipinski definition) is 1. The van der Waals surface area contributed by atoms with Crippen LogP contribution in [0.25, 0.3) is 39.5 Å². The molecule has 2 fully saturated rings. The molecule has 3 aromatic heterocycles. The topological polar surface area (TPSA) is 110 Å². The number of anilines is 1. The summed E-state index contributed by atoms with van der Waals surface area (Å²) in [5.41, 5.74) is 12.6. The van der Waals surface area contributed by atoms with E-state index in [-0.39, 0.29) is 0 Å². The number of likely N-dealkylation sites (tertiary alicyclic amines) is 1. The molecule has 2 saturated heterocycles. The lowest BCUT2D eigenvalue weighted by Gasteiger charge is -2.20. The first-order chi connectivity index (χ1) is 20.4. The summed E-state index contributed by atoms with van der Waals surface area (Å²) < 4.78 is 28.0. The van der Waals surface area contributed by atoms with Gasteiger partial charge in [0.05, 0.1) is 11.3 Å². The fourth-order valence-corrected chi connectivity index (χ4v) is 7.27. The lowest BCUT2D eigenvalue weighted by atomic mass is 10.0. The van der Waals surface area contributed by atoms with Gasteiger partial charge in [-0.05, 0) is 53.8 Å². The third-order valence-corrected chi connectivity index (χ3v) is 9.79. The molecule has 212 valence electrons. The van der Waals surface area contributed by atoms with Crippen LogP contribution < -0.4 is 5.73 Å². The van der Waals surface area contributed by atoms with Crippen LogP contribution in [0.15, 0.2) is 97.0 Å². The summed E-state index contributed by atoms with van der Waals surface area (Å²) in [7, 11) is -3.35. The normalized spacial score (nSPS) is 19.3. The van der Waals surface area contributed by atoms with Crippen LogP contribution in [0.1, 0.15) is 5.56 Å². The summed E-state index contributed by atoms with van der Waals surface area (Å²) in [5.74, 6) is 1.81. The van der Waals surface area contributed by atoms with Gasteiger partial charge in [0.15, 0.2) is 11.5 Å². The van der Waals surface area contributed by atoms with Gasteiger partial charge in [-0.25, -0.2) is 23.4 Å². The standard InChI is InChI=1S/C32H31N7O2S/c1-2-42(40,41)38-20-24-18-37(19-25(24)21-38)17-22-10-12-26(13-11-22)39-31(27-9-6-16-34-30(27)33)36-29-15-14-28(35-32(29)39)23-7-4-3-5-8-23/h2-16,24-25H,1,17-21H2,(H2,33,34)/t24-,25+. The highest BCUT2D eigenvalue weighted by Crippen LogP contribution is 2.35. The van der Waals surface area contributed by atoms with Gasteiger partial charge in [0.25, 0.3) is 0 Å². The lowest BCUT2D eigenvalue weighted by molar-refractivity contribution is 0.290. The van der Waals surface area contributed by atoms with Crippen molar-refractivity contribution in [1.29, 1.82) is 0 Å². The van der Waals surface area contributed by atoms with E-state index in [9.17, 15) is 8.42 Å². The maximum atomic E-state index is 12.2. The Bertz CT molecular complexity index is 1870. The van der Waals surface area contributed by atoms with Crippen LogP contribution in [0.2, 0.25) is 0 Å². The minimum absolute atomic E-state index is 0.355. The maximum Gasteiger partial charge on any atom is 0.235 e. The van der Waals surface area contributed by atoms with E-state index in [2.05, 4.69) is 40.7 Å². The molecule has 2 N–H and O–H groups in total. The van der Waals surface area contributed by atoms with Crippen molar-refractivity contribution in [3.63, 3.8) is 0 Å². The molecule has 0 unspecified atom stereocenters. The molecule has 0 aliphatic carbocycles. The van der Waals surface area contributed by atoms with Crippen molar-refractivity contribution in [3.8, 4) is 28.3 Å². The van der Waals surface area contributed by atoms with E-state index in [0.717, 1.165) is 58.7 Å². The number of fused-ring (bicyclic) bond motifs is 2. The van der Waals surface area contributed by atoms with Gasteiger partial charge < -0.3 is 5.73 Å². The largest absolute Gasteiger partial charge is 0.383 e. The van der Waals surface area contributed by atoms with Crippen molar-refractivity contribution in [2.24, 2.45) is 11.8 Å². The number of nitrogen functional groups attached to an aromatic ring is 1.